The first kappa shape index (κ1) is 19.4. The predicted molar refractivity (Wildman–Crippen MR) is 102 cm³/mol. The Bertz CT molecular complexity index is 1010. The number of carbonyl (C=O) groups excluding carboxylic acids is 1. The summed E-state index contributed by atoms with van der Waals surface area (Å²) in [5.41, 5.74) is -0.308. The molecule has 0 radical (unpaired) electrons. The number of carbonyl (C=O) groups is 1. The molecule has 0 amide bonds. The molecule has 0 saturated carbocycles. The minimum atomic E-state index is -0.761. The molecular weight excluding hydrogens is 426 g/mol. The van der Waals surface area contributed by atoms with Crippen LogP contribution in [0.3, 0.4) is 0 Å². The number of benzene rings is 1. The lowest BCUT2D eigenvalue weighted by Crippen LogP contribution is -2.05. The summed E-state index contributed by atoms with van der Waals surface area (Å²) >= 11 is 4.05. The summed E-state index contributed by atoms with van der Waals surface area (Å²) in [6.45, 7) is 8.99. The number of fused-ring (bicyclic) bond motifs is 2. The van der Waals surface area contributed by atoms with Crippen LogP contribution in [-0.2, 0) is 9.53 Å². The molecular formula is C16H7N3O4S4. The Kier molecular flexibility index (Phi) is 5.54. The van der Waals surface area contributed by atoms with Crippen molar-refractivity contribution in [1.82, 2.24) is 0 Å². The summed E-state index contributed by atoms with van der Waals surface area (Å²) < 4.78 is 5.57. The monoisotopic (exact) mass is 433 g/mol. The van der Waals surface area contributed by atoms with Crippen molar-refractivity contribution in [3.05, 3.63) is 31.2 Å². The molecule has 2 N–H and O–H groups in total. The molecule has 1 aromatic rings. The first-order valence-electron chi connectivity index (χ1n) is 7.13. The van der Waals surface area contributed by atoms with E-state index in [1.54, 1.807) is 19.1 Å². The van der Waals surface area contributed by atoms with Crippen LogP contribution < -0.4 is 0 Å². The van der Waals surface area contributed by atoms with Gasteiger partial charge in [0.2, 0.25) is 0 Å². The normalized spacial score (nSPS) is 13.9. The molecule has 3 rings (SSSR count). The molecule has 0 aromatic heterocycles. The summed E-state index contributed by atoms with van der Waals surface area (Å²) in [5, 5.41) is 39.3. The van der Waals surface area contributed by atoms with Crippen molar-refractivity contribution in [1.29, 1.82) is 10.5 Å². The third-order valence-electron chi connectivity index (χ3n) is 3.25. The zero-order chi connectivity index (χ0) is 19.7. The van der Waals surface area contributed by atoms with Gasteiger partial charge >= 0.3 is 5.97 Å². The molecule has 0 unspecified atom stereocenters. The maximum atomic E-state index is 11.9. The zero-order valence-electron chi connectivity index (χ0n) is 13.4. The Labute approximate surface area is 170 Å². The molecule has 11 heteroatoms. The standard InChI is InChI=1S/C16H7N3O4S4/c1-3-23-14(22)7(19-2)16-26-12-8(20)10-11(9(21)13(12)27-16)25-15(24-10)6(4-17)5-18/h20-21H,3H2,1H3. The average molecular weight is 434 g/mol. The van der Waals surface area contributed by atoms with E-state index >= 15 is 0 Å². The first-order valence-corrected chi connectivity index (χ1v) is 10.4. The van der Waals surface area contributed by atoms with Gasteiger partial charge in [-0.1, -0.05) is 47.0 Å². The van der Waals surface area contributed by atoms with Gasteiger partial charge in [-0.25, -0.2) is 4.85 Å². The van der Waals surface area contributed by atoms with Gasteiger partial charge in [-0.15, -0.1) is 0 Å². The second-order valence-electron chi connectivity index (χ2n) is 4.78. The lowest BCUT2D eigenvalue weighted by atomic mass is 10.3. The SMILES string of the molecule is [C-]#[N+]C(C(=O)OCC)=C1Sc2c(O)c3c(c(O)c2S1)SC(=C(C#N)C#N)S3. The number of rotatable bonds is 2. The number of nitriles is 2. The first-order chi connectivity index (χ1) is 13.0. The molecule has 2 aliphatic heterocycles. The smallest absolute Gasteiger partial charge is 0.338 e. The summed E-state index contributed by atoms with van der Waals surface area (Å²) in [6.07, 6.45) is 0. The van der Waals surface area contributed by atoms with E-state index in [1.807, 2.05) is 0 Å². The number of phenolic OH excluding ortho intramolecular Hbond substituents is 2. The van der Waals surface area contributed by atoms with Crippen LogP contribution in [0.25, 0.3) is 4.85 Å². The maximum Gasteiger partial charge on any atom is 0.338 e. The van der Waals surface area contributed by atoms with Crippen LogP contribution >= 0.6 is 47.0 Å². The number of esters is 1. The molecule has 1 aromatic carbocycles. The fraction of sp³-hybridized carbons (Fsp3) is 0.125. The molecule has 0 spiro atoms. The summed E-state index contributed by atoms with van der Waals surface area (Å²) in [7, 11) is 0. The molecule has 0 atom stereocenters. The van der Waals surface area contributed by atoms with Gasteiger partial charge in [-0.2, -0.15) is 10.5 Å². The topological polar surface area (TPSA) is 119 Å². The number of allylic oxidation sites excluding steroid dienone is 1. The second-order valence-corrected chi connectivity index (χ2v) is 9.38. The van der Waals surface area contributed by atoms with E-state index in [1.165, 1.54) is 0 Å². The number of nitrogens with zero attached hydrogens (tertiary/aromatic N) is 3. The highest BCUT2D eigenvalue weighted by atomic mass is 32.2. The third-order valence-corrected chi connectivity index (χ3v) is 8.45. The van der Waals surface area contributed by atoms with Gasteiger partial charge in [0.25, 0.3) is 5.70 Å². The highest BCUT2D eigenvalue weighted by Crippen LogP contribution is 2.67. The number of hydrogen-bond donors (Lipinski definition) is 2. The summed E-state index contributed by atoms with van der Waals surface area (Å²) in [4.78, 5) is 16.5. The van der Waals surface area contributed by atoms with Gasteiger partial charge in [0, 0.05) is 0 Å². The Morgan fingerprint density at radius 3 is 1.85 bits per heavy atom. The van der Waals surface area contributed by atoms with Gasteiger partial charge in [-0.3, -0.25) is 4.79 Å². The Morgan fingerprint density at radius 1 is 1.04 bits per heavy atom. The number of hydrogen-bond acceptors (Lipinski definition) is 10. The quantitative estimate of drug-likeness (QED) is 0.228. The van der Waals surface area contributed by atoms with Gasteiger partial charge in [-0.05, 0) is 6.92 Å². The molecule has 2 heterocycles. The van der Waals surface area contributed by atoms with Crippen LogP contribution in [0.5, 0.6) is 11.5 Å². The molecule has 0 aliphatic carbocycles. The van der Waals surface area contributed by atoms with Crippen LogP contribution in [0, 0.1) is 29.2 Å². The molecule has 0 fully saturated rings. The number of aromatic hydroxyl groups is 2. The van der Waals surface area contributed by atoms with Crippen molar-refractivity contribution < 1.29 is 19.7 Å². The maximum absolute atomic E-state index is 11.9. The fourth-order valence-electron chi connectivity index (χ4n) is 2.12. The van der Waals surface area contributed by atoms with E-state index < -0.39 is 5.97 Å². The van der Waals surface area contributed by atoms with Gasteiger partial charge < -0.3 is 14.9 Å². The van der Waals surface area contributed by atoms with E-state index in [-0.39, 0.29) is 29.4 Å². The van der Waals surface area contributed by atoms with Gasteiger partial charge in [0.1, 0.15) is 29.2 Å². The largest absolute Gasteiger partial charge is 0.505 e. The van der Waals surface area contributed by atoms with E-state index in [4.69, 9.17) is 21.8 Å². The van der Waals surface area contributed by atoms with Crippen molar-refractivity contribution in [2.75, 3.05) is 6.61 Å². The fourth-order valence-corrected chi connectivity index (χ4v) is 7.21. The predicted octanol–water partition coefficient (Wildman–Crippen LogP) is 4.40. The van der Waals surface area contributed by atoms with Crippen LogP contribution in [-0.4, -0.2) is 22.8 Å². The number of thioether (sulfide) groups is 4. The highest BCUT2D eigenvalue weighted by Gasteiger charge is 2.37. The van der Waals surface area contributed by atoms with Crippen LogP contribution in [0.4, 0.5) is 0 Å². The van der Waals surface area contributed by atoms with Crippen molar-refractivity contribution in [2.24, 2.45) is 0 Å². The van der Waals surface area contributed by atoms with Gasteiger partial charge in [0.15, 0.2) is 0 Å². The number of phenols is 2. The van der Waals surface area contributed by atoms with E-state index in [2.05, 4.69) is 4.85 Å². The number of ether oxygens (including phenoxy) is 1. The Balaban J connectivity index is 2.08. The van der Waals surface area contributed by atoms with E-state index in [0.717, 1.165) is 47.0 Å². The molecule has 2 aliphatic rings. The van der Waals surface area contributed by atoms with Crippen molar-refractivity contribution in [2.45, 2.75) is 26.5 Å². The lowest BCUT2D eigenvalue weighted by molar-refractivity contribution is -0.138. The average Bonchev–Trinajstić information content (AvgIpc) is 3.27. The second kappa shape index (κ2) is 7.71. The van der Waals surface area contributed by atoms with Crippen molar-refractivity contribution in [3.63, 3.8) is 0 Å². The summed E-state index contributed by atoms with van der Waals surface area (Å²) in [6, 6.07) is 3.58. The molecule has 7 nitrogen and oxygen atoms in total. The molecule has 0 saturated heterocycles. The lowest BCUT2D eigenvalue weighted by Gasteiger charge is -2.08. The molecule has 0 bridgehead atoms. The van der Waals surface area contributed by atoms with Gasteiger partial charge in [0.05, 0.1) is 41.2 Å². The molecule has 27 heavy (non-hydrogen) atoms. The minimum Gasteiger partial charge on any atom is -0.505 e. The third kappa shape index (κ3) is 3.22. The molecule has 134 valence electrons. The van der Waals surface area contributed by atoms with Crippen LogP contribution in [0.15, 0.2) is 39.3 Å². The highest BCUT2D eigenvalue weighted by molar-refractivity contribution is 8.26. The van der Waals surface area contributed by atoms with Crippen LogP contribution in [0.2, 0.25) is 0 Å². The summed E-state index contributed by atoms with van der Waals surface area (Å²) in [5.74, 6) is -1.01. The van der Waals surface area contributed by atoms with Crippen molar-refractivity contribution in [3.8, 4) is 23.6 Å². The van der Waals surface area contributed by atoms with E-state index in [0.29, 0.717) is 28.1 Å². The Hall–Kier alpha value is -2.36. The minimum absolute atomic E-state index is 0.0985. The van der Waals surface area contributed by atoms with E-state index in [9.17, 15) is 15.0 Å². The van der Waals surface area contributed by atoms with Crippen molar-refractivity contribution >= 4 is 53.0 Å². The Morgan fingerprint density at radius 2 is 1.48 bits per heavy atom. The zero-order valence-corrected chi connectivity index (χ0v) is 16.7. The van der Waals surface area contributed by atoms with Crippen LogP contribution in [0.1, 0.15) is 6.92 Å².